The first-order valence-electron chi connectivity index (χ1n) is 7.03. The van der Waals surface area contributed by atoms with E-state index in [4.69, 9.17) is 0 Å². The van der Waals surface area contributed by atoms with Gasteiger partial charge in [-0.25, -0.2) is 0 Å². The highest BCUT2D eigenvalue weighted by atomic mass is 79.9. The van der Waals surface area contributed by atoms with Gasteiger partial charge in [0, 0.05) is 23.5 Å². The second-order valence-corrected chi connectivity index (χ2v) is 6.13. The molecule has 0 unspecified atom stereocenters. The largest absolute Gasteiger partial charge is 0.325 e. The van der Waals surface area contributed by atoms with Crippen LogP contribution in [0.5, 0.6) is 0 Å². The molecule has 0 spiro atoms. The summed E-state index contributed by atoms with van der Waals surface area (Å²) in [5.74, 6) is -0.201. The Morgan fingerprint density at radius 2 is 1.95 bits per heavy atom. The summed E-state index contributed by atoms with van der Waals surface area (Å²) in [7, 11) is 0. The van der Waals surface area contributed by atoms with Crippen LogP contribution in [-0.4, -0.2) is 18.4 Å². The standard InChI is InChI=1S/C17H15BrN2O2/c1-11(21)19-15-7-3-4-12-8-9-20(16(12)15)17(22)13-5-2-6-14(18)10-13/h2-7,10H,8-9H2,1H3,(H,19,21). The van der Waals surface area contributed by atoms with E-state index in [1.807, 2.05) is 30.3 Å². The van der Waals surface area contributed by atoms with Gasteiger partial charge in [0.25, 0.3) is 5.91 Å². The van der Waals surface area contributed by atoms with Crippen LogP contribution in [0.2, 0.25) is 0 Å². The summed E-state index contributed by atoms with van der Waals surface area (Å²) < 4.78 is 0.868. The van der Waals surface area contributed by atoms with Gasteiger partial charge in [-0.1, -0.05) is 34.1 Å². The lowest BCUT2D eigenvalue weighted by atomic mass is 10.1. The molecule has 22 heavy (non-hydrogen) atoms. The van der Waals surface area contributed by atoms with Crippen molar-refractivity contribution in [2.24, 2.45) is 0 Å². The molecule has 5 heteroatoms. The summed E-state index contributed by atoms with van der Waals surface area (Å²) in [5.41, 5.74) is 3.20. The van der Waals surface area contributed by atoms with Crippen molar-refractivity contribution < 1.29 is 9.59 Å². The number of hydrogen-bond acceptors (Lipinski definition) is 2. The number of para-hydroxylation sites is 1. The van der Waals surface area contributed by atoms with E-state index < -0.39 is 0 Å². The fourth-order valence-corrected chi connectivity index (χ4v) is 3.13. The van der Waals surface area contributed by atoms with E-state index in [0.29, 0.717) is 17.8 Å². The van der Waals surface area contributed by atoms with E-state index in [9.17, 15) is 9.59 Å². The smallest absolute Gasteiger partial charge is 0.258 e. The van der Waals surface area contributed by atoms with Gasteiger partial charge in [0.2, 0.25) is 5.91 Å². The summed E-state index contributed by atoms with van der Waals surface area (Å²) >= 11 is 3.39. The first-order valence-corrected chi connectivity index (χ1v) is 7.82. The first kappa shape index (κ1) is 14.8. The molecule has 1 aliphatic heterocycles. The summed E-state index contributed by atoms with van der Waals surface area (Å²) in [4.78, 5) is 25.9. The minimum Gasteiger partial charge on any atom is -0.325 e. The van der Waals surface area contributed by atoms with Gasteiger partial charge in [0.05, 0.1) is 11.4 Å². The van der Waals surface area contributed by atoms with Crippen LogP contribution in [0.1, 0.15) is 22.8 Å². The Labute approximate surface area is 137 Å². The van der Waals surface area contributed by atoms with Crippen molar-refractivity contribution in [1.29, 1.82) is 0 Å². The molecule has 4 nitrogen and oxygen atoms in total. The summed E-state index contributed by atoms with van der Waals surface area (Å²) in [6.45, 7) is 2.09. The average Bonchev–Trinajstić information content (AvgIpc) is 2.91. The minimum absolute atomic E-state index is 0.0575. The number of fused-ring (bicyclic) bond motifs is 1. The number of benzene rings is 2. The van der Waals surface area contributed by atoms with Gasteiger partial charge >= 0.3 is 0 Å². The van der Waals surface area contributed by atoms with Crippen molar-refractivity contribution in [1.82, 2.24) is 0 Å². The van der Waals surface area contributed by atoms with Gasteiger partial charge in [0.1, 0.15) is 0 Å². The van der Waals surface area contributed by atoms with Gasteiger partial charge in [0.15, 0.2) is 0 Å². The second-order valence-electron chi connectivity index (χ2n) is 5.21. The highest BCUT2D eigenvalue weighted by Crippen LogP contribution is 2.36. The number of rotatable bonds is 2. The molecule has 0 fully saturated rings. The number of halogens is 1. The van der Waals surface area contributed by atoms with Crippen molar-refractivity contribution in [3.8, 4) is 0 Å². The van der Waals surface area contributed by atoms with E-state index in [1.165, 1.54) is 6.92 Å². The Balaban J connectivity index is 2.00. The van der Waals surface area contributed by atoms with E-state index in [0.717, 1.165) is 22.1 Å². The molecule has 1 aliphatic rings. The van der Waals surface area contributed by atoms with Crippen LogP contribution < -0.4 is 10.2 Å². The number of amides is 2. The fraction of sp³-hybridized carbons (Fsp3) is 0.176. The average molecular weight is 359 g/mol. The van der Waals surface area contributed by atoms with E-state index in [-0.39, 0.29) is 11.8 Å². The van der Waals surface area contributed by atoms with Crippen LogP contribution in [0.15, 0.2) is 46.9 Å². The number of nitrogens with zero attached hydrogens (tertiary/aromatic N) is 1. The molecule has 0 aliphatic carbocycles. The molecule has 0 saturated carbocycles. The highest BCUT2D eigenvalue weighted by Gasteiger charge is 2.28. The SMILES string of the molecule is CC(=O)Nc1cccc2c1N(C(=O)c1cccc(Br)c1)CC2. The maximum Gasteiger partial charge on any atom is 0.258 e. The monoisotopic (exact) mass is 358 g/mol. The molecule has 0 aromatic heterocycles. The zero-order chi connectivity index (χ0) is 15.7. The number of nitrogens with one attached hydrogen (secondary N) is 1. The molecular weight excluding hydrogens is 344 g/mol. The van der Waals surface area contributed by atoms with Crippen molar-refractivity contribution in [2.75, 3.05) is 16.8 Å². The Kier molecular flexibility index (Phi) is 3.98. The van der Waals surface area contributed by atoms with Crippen molar-refractivity contribution in [3.63, 3.8) is 0 Å². The van der Waals surface area contributed by atoms with Crippen LogP contribution in [0.3, 0.4) is 0 Å². The quantitative estimate of drug-likeness (QED) is 0.891. The van der Waals surface area contributed by atoms with Gasteiger partial charge in [-0.2, -0.15) is 0 Å². The number of hydrogen-bond donors (Lipinski definition) is 1. The summed E-state index contributed by atoms with van der Waals surface area (Å²) in [6, 6.07) is 13.1. The van der Waals surface area contributed by atoms with Crippen molar-refractivity contribution in [2.45, 2.75) is 13.3 Å². The Morgan fingerprint density at radius 3 is 2.68 bits per heavy atom. The zero-order valence-electron chi connectivity index (χ0n) is 12.1. The third-order valence-electron chi connectivity index (χ3n) is 3.62. The molecule has 0 saturated heterocycles. The molecule has 2 amide bonds. The maximum absolute atomic E-state index is 12.8. The summed E-state index contributed by atoms with van der Waals surface area (Å²) in [6.07, 6.45) is 0.794. The first-order chi connectivity index (χ1) is 10.6. The third kappa shape index (κ3) is 2.76. The lowest BCUT2D eigenvalue weighted by Gasteiger charge is -2.20. The minimum atomic E-state index is -0.143. The van der Waals surface area contributed by atoms with E-state index >= 15 is 0 Å². The number of anilines is 2. The molecule has 1 N–H and O–H groups in total. The van der Waals surface area contributed by atoms with E-state index in [1.54, 1.807) is 17.0 Å². The fourth-order valence-electron chi connectivity index (χ4n) is 2.73. The maximum atomic E-state index is 12.8. The number of carbonyl (C=O) groups is 2. The van der Waals surface area contributed by atoms with Crippen molar-refractivity contribution >= 4 is 39.1 Å². The van der Waals surface area contributed by atoms with Gasteiger partial charge in [-0.3, -0.25) is 9.59 Å². The van der Waals surface area contributed by atoms with Gasteiger partial charge < -0.3 is 10.2 Å². The zero-order valence-corrected chi connectivity index (χ0v) is 13.7. The molecule has 0 atom stereocenters. The highest BCUT2D eigenvalue weighted by molar-refractivity contribution is 9.10. The van der Waals surface area contributed by atoms with Gasteiger partial charge in [-0.05, 0) is 36.2 Å². The predicted molar refractivity (Wildman–Crippen MR) is 90.3 cm³/mol. The van der Waals surface area contributed by atoms with Crippen LogP contribution in [0.25, 0.3) is 0 Å². The van der Waals surface area contributed by atoms with E-state index in [2.05, 4.69) is 21.2 Å². The molecular formula is C17H15BrN2O2. The molecule has 2 aromatic carbocycles. The normalized spacial score (nSPS) is 12.9. The van der Waals surface area contributed by atoms with Crippen LogP contribution in [0, 0.1) is 0 Å². The molecule has 0 radical (unpaired) electrons. The van der Waals surface area contributed by atoms with Crippen molar-refractivity contribution in [3.05, 3.63) is 58.1 Å². The lowest BCUT2D eigenvalue weighted by molar-refractivity contribution is -0.114. The predicted octanol–water partition coefficient (Wildman–Crippen LogP) is 3.61. The molecule has 2 aromatic rings. The lowest BCUT2D eigenvalue weighted by Crippen LogP contribution is -2.29. The topological polar surface area (TPSA) is 49.4 Å². The second kappa shape index (κ2) is 5.93. The van der Waals surface area contributed by atoms with Crippen LogP contribution >= 0.6 is 15.9 Å². The molecule has 0 bridgehead atoms. The third-order valence-corrected chi connectivity index (χ3v) is 4.11. The Hall–Kier alpha value is -2.14. The molecule has 112 valence electrons. The molecule has 1 heterocycles. The van der Waals surface area contributed by atoms with Gasteiger partial charge in [-0.15, -0.1) is 0 Å². The van der Waals surface area contributed by atoms with Crippen LogP contribution in [0.4, 0.5) is 11.4 Å². The number of carbonyl (C=O) groups excluding carboxylic acids is 2. The molecule has 3 rings (SSSR count). The Morgan fingerprint density at radius 1 is 1.18 bits per heavy atom. The Bertz CT molecular complexity index is 758. The van der Waals surface area contributed by atoms with Crippen LogP contribution in [-0.2, 0) is 11.2 Å². The summed E-state index contributed by atoms with van der Waals surface area (Å²) in [5, 5.41) is 2.81.